The molecule has 1 spiro atoms. The number of halogens is 6. The number of aliphatic hydroxyl groups is 1. The summed E-state index contributed by atoms with van der Waals surface area (Å²) in [6, 6.07) is 0. The molecule has 1 heterocycles. The molecule has 4 aliphatic carbocycles. The Morgan fingerprint density at radius 3 is 2.29 bits per heavy atom. The first-order valence-corrected chi connectivity index (χ1v) is 16.5. The van der Waals surface area contributed by atoms with Gasteiger partial charge in [0.1, 0.15) is 5.60 Å². The van der Waals surface area contributed by atoms with Crippen molar-refractivity contribution in [3.8, 4) is 0 Å². The fourth-order valence-corrected chi connectivity index (χ4v) is 12.5. The first-order valence-electron chi connectivity index (χ1n) is 13.0. The van der Waals surface area contributed by atoms with Gasteiger partial charge in [0, 0.05) is 16.9 Å². The van der Waals surface area contributed by atoms with Crippen molar-refractivity contribution in [2.24, 2.45) is 34.5 Å². The van der Waals surface area contributed by atoms with Crippen molar-refractivity contribution in [2.45, 2.75) is 93.4 Å². The zero-order valence-corrected chi connectivity index (χ0v) is 24.2. The Labute approximate surface area is 227 Å². The van der Waals surface area contributed by atoms with Gasteiger partial charge < -0.3 is 5.11 Å². The minimum Gasteiger partial charge on any atom is -0.383 e. The summed E-state index contributed by atoms with van der Waals surface area (Å²) in [5.41, 5.74) is -2.97. The summed E-state index contributed by atoms with van der Waals surface area (Å²) in [6.07, 6.45) is 2.52. The van der Waals surface area contributed by atoms with Crippen molar-refractivity contribution < 1.29 is 27.1 Å². The zero-order valence-electron chi connectivity index (χ0n) is 20.4. The van der Waals surface area contributed by atoms with Crippen LogP contribution in [0, 0.1) is 34.5 Å². The maximum atomic E-state index is 14.9. The number of fused-ring (bicyclic) bond motifs is 5. The highest BCUT2D eigenvalue weighted by Gasteiger charge is 2.79. The average molecular weight is 651 g/mol. The molecule has 1 saturated heterocycles. The molecule has 0 radical (unpaired) electrons. The Kier molecular flexibility index (Phi) is 6.95. The van der Waals surface area contributed by atoms with E-state index < -0.39 is 29.5 Å². The van der Waals surface area contributed by atoms with E-state index in [1.807, 2.05) is 0 Å². The van der Waals surface area contributed by atoms with E-state index in [1.165, 1.54) is 17.1 Å². The molecule has 0 aromatic rings. The van der Waals surface area contributed by atoms with E-state index in [4.69, 9.17) is 0 Å². The smallest absolute Gasteiger partial charge is 0.383 e. The average Bonchev–Trinajstić information content (AvgIpc) is 3.35. The molecule has 4 fully saturated rings. The van der Waals surface area contributed by atoms with Crippen molar-refractivity contribution in [1.29, 1.82) is 0 Å². The van der Waals surface area contributed by atoms with Crippen LogP contribution in [0.2, 0.25) is 0 Å². The fraction of sp³-hybridized carbons (Fsp3) is 0.923. The number of hydrogen-bond acceptors (Lipinski definition) is 3. The van der Waals surface area contributed by atoms with Gasteiger partial charge in [0.25, 0.3) is 0 Å². The van der Waals surface area contributed by atoms with Gasteiger partial charge in [-0.3, -0.25) is 0 Å². The van der Waals surface area contributed by atoms with Crippen molar-refractivity contribution >= 4 is 46.1 Å². The molecule has 35 heavy (non-hydrogen) atoms. The summed E-state index contributed by atoms with van der Waals surface area (Å²) in [7, 11) is 0. The lowest BCUT2D eigenvalue weighted by molar-refractivity contribution is -0.364. The molecule has 7 atom stereocenters. The second-order valence-corrected chi connectivity index (χ2v) is 16.3. The van der Waals surface area contributed by atoms with Crippen LogP contribution in [0.5, 0.6) is 0 Å². The van der Waals surface area contributed by atoms with Crippen LogP contribution in [0.3, 0.4) is 0 Å². The second-order valence-electron chi connectivity index (χ2n) is 12.1. The van der Waals surface area contributed by atoms with Gasteiger partial charge in [0.2, 0.25) is 0 Å². The van der Waals surface area contributed by atoms with Gasteiger partial charge in [-0.15, -0.1) is 23.5 Å². The summed E-state index contributed by atoms with van der Waals surface area (Å²) in [5.74, 6) is -2.41. The van der Waals surface area contributed by atoms with Gasteiger partial charge in [-0.25, -0.2) is 0 Å². The van der Waals surface area contributed by atoms with Crippen LogP contribution in [-0.2, 0) is 0 Å². The molecular formula is C26H36F5IOS2. The van der Waals surface area contributed by atoms with E-state index in [0.717, 1.165) is 36.5 Å². The van der Waals surface area contributed by atoms with Gasteiger partial charge in [-0.05, 0) is 91.3 Å². The van der Waals surface area contributed by atoms with E-state index in [-0.39, 0.29) is 46.0 Å². The van der Waals surface area contributed by atoms with Crippen LogP contribution in [0.1, 0.15) is 71.6 Å². The number of allylic oxidation sites excluding steroid dienone is 1. The Balaban J connectivity index is 1.54. The highest BCUT2D eigenvalue weighted by atomic mass is 127. The normalized spacial score (nSPS) is 45.1. The van der Waals surface area contributed by atoms with Crippen LogP contribution in [0.15, 0.2) is 11.6 Å². The Hall–Kier alpha value is 0.780. The molecule has 0 aromatic carbocycles. The van der Waals surface area contributed by atoms with Gasteiger partial charge in [0.15, 0.2) is 0 Å². The topological polar surface area (TPSA) is 20.2 Å². The van der Waals surface area contributed by atoms with Crippen LogP contribution in [0.25, 0.3) is 0 Å². The summed E-state index contributed by atoms with van der Waals surface area (Å²) in [4.78, 5) is 0. The minimum absolute atomic E-state index is 0.0188. The predicted octanol–water partition coefficient (Wildman–Crippen LogP) is 8.50. The second kappa shape index (κ2) is 8.90. The molecule has 1 aliphatic heterocycles. The quantitative estimate of drug-likeness (QED) is 0.143. The molecule has 5 rings (SSSR count). The zero-order chi connectivity index (χ0) is 25.5. The lowest BCUT2D eigenvalue weighted by Crippen LogP contribution is -2.66. The summed E-state index contributed by atoms with van der Waals surface area (Å²) >= 11 is 6.47. The third-order valence-corrected chi connectivity index (χ3v) is 15.0. The van der Waals surface area contributed by atoms with Gasteiger partial charge in [-0.2, -0.15) is 22.0 Å². The van der Waals surface area contributed by atoms with E-state index in [0.29, 0.717) is 6.42 Å². The Morgan fingerprint density at radius 2 is 1.66 bits per heavy atom. The number of thioether (sulfide) groups is 2. The third-order valence-electron chi connectivity index (χ3n) is 10.8. The standard InChI is InChI=1S/C26H36F5IOS2/c1-21-9-10-23(34-12-13-35-23)15-17(21)14-16(4-3-11-32)20-18(21)5-7-22(2)19(20)6-8-24(22,33)25(27,28)26(29,30)31/h15-16,18-20,33H,3-14H2,1-2H3/t16-,18+,19+,20-,21+,22+,24+/m1/s1. The van der Waals surface area contributed by atoms with E-state index >= 15 is 0 Å². The maximum Gasteiger partial charge on any atom is 0.456 e. The molecule has 3 saturated carbocycles. The van der Waals surface area contributed by atoms with Crippen molar-refractivity contribution in [3.63, 3.8) is 0 Å². The van der Waals surface area contributed by atoms with Gasteiger partial charge in [-0.1, -0.05) is 48.1 Å². The molecule has 0 amide bonds. The molecule has 5 aliphatic rings. The van der Waals surface area contributed by atoms with Gasteiger partial charge in [0.05, 0.1) is 4.08 Å². The molecule has 200 valence electrons. The first-order chi connectivity index (χ1) is 16.2. The largest absolute Gasteiger partial charge is 0.456 e. The molecule has 0 bridgehead atoms. The van der Waals surface area contributed by atoms with Crippen LogP contribution < -0.4 is 0 Å². The lowest BCUT2D eigenvalue weighted by Gasteiger charge is -2.62. The highest BCUT2D eigenvalue weighted by molar-refractivity contribution is 14.1. The number of rotatable bonds is 4. The maximum absolute atomic E-state index is 14.9. The number of alkyl halides is 6. The van der Waals surface area contributed by atoms with Crippen LogP contribution in [-0.4, -0.2) is 42.8 Å². The third kappa shape index (κ3) is 3.83. The van der Waals surface area contributed by atoms with Crippen molar-refractivity contribution in [3.05, 3.63) is 11.6 Å². The fourth-order valence-electron chi connectivity index (χ4n) is 8.93. The molecule has 9 heteroatoms. The number of hydrogen-bond donors (Lipinski definition) is 1. The summed E-state index contributed by atoms with van der Waals surface area (Å²) in [5, 5.41) is 11.2. The molecule has 0 unspecified atom stereocenters. The van der Waals surface area contributed by atoms with Crippen molar-refractivity contribution in [2.75, 3.05) is 15.9 Å². The van der Waals surface area contributed by atoms with Crippen LogP contribution >= 0.6 is 46.1 Å². The molecule has 0 aromatic heterocycles. The Bertz CT molecular complexity index is 874. The van der Waals surface area contributed by atoms with Crippen molar-refractivity contribution in [1.82, 2.24) is 0 Å². The Morgan fingerprint density at radius 1 is 1.00 bits per heavy atom. The molecular weight excluding hydrogens is 614 g/mol. The SMILES string of the molecule is C[C@]12CCC3(C=C1C[C@@H](CCCI)[C@@H]1[C@@H]2CC[C@@]2(C)[C@H]1CC[C@@]2(O)C(F)(F)C(F)(F)F)SCCS3. The van der Waals surface area contributed by atoms with E-state index in [9.17, 15) is 27.1 Å². The lowest BCUT2D eigenvalue weighted by atomic mass is 9.43. The first kappa shape index (κ1) is 27.4. The highest BCUT2D eigenvalue weighted by Crippen LogP contribution is 2.73. The van der Waals surface area contributed by atoms with Crippen LogP contribution in [0.4, 0.5) is 22.0 Å². The molecule has 1 nitrogen and oxygen atoms in total. The van der Waals surface area contributed by atoms with E-state index in [1.54, 1.807) is 6.92 Å². The molecule has 1 N–H and O–H groups in total. The summed E-state index contributed by atoms with van der Waals surface area (Å²) in [6.45, 7) is 3.89. The minimum atomic E-state index is -5.75. The van der Waals surface area contributed by atoms with E-state index in [2.05, 4.69) is 59.1 Å². The van der Waals surface area contributed by atoms with Gasteiger partial charge >= 0.3 is 12.1 Å². The summed E-state index contributed by atoms with van der Waals surface area (Å²) < 4.78 is 71.6. The predicted molar refractivity (Wildman–Crippen MR) is 142 cm³/mol. The monoisotopic (exact) mass is 650 g/mol.